The fourth-order valence-electron chi connectivity index (χ4n) is 1.23. The third-order valence-corrected chi connectivity index (χ3v) is 2.03. The van der Waals surface area contributed by atoms with Gasteiger partial charge in [0.15, 0.2) is 0 Å². The molecular weight excluding hydrogens is 192 g/mol. The summed E-state index contributed by atoms with van der Waals surface area (Å²) in [7, 11) is 1.69. The van der Waals surface area contributed by atoms with E-state index in [9.17, 15) is 4.79 Å². The summed E-state index contributed by atoms with van der Waals surface area (Å²) in [6.07, 6.45) is 8.50. The van der Waals surface area contributed by atoms with Crippen LogP contribution in [-0.4, -0.2) is 23.9 Å². The molecule has 1 amide bonds. The third-order valence-electron chi connectivity index (χ3n) is 2.03. The first-order valence-corrected chi connectivity index (χ1v) is 4.60. The number of terminal acetylenes is 1. The maximum Gasteiger partial charge on any atom is 0.240 e. The lowest BCUT2D eigenvalue weighted by atomic mass is 10.2. The molecule has 0 spiro atoms. The maximum atomic E-state index is 11.6. The van der Waals surface area contributed by atoms with Crippen LogP contribution in [0, 0.1) is 12.3 Å². The summed E-state index contributed by atoms with van der Waals surface area (Å²) >= 11 is 0. The van der Waals surface area contributed by atoms with E-state index in [1.807, 2.05) is 0 Å². The van der Waals surface area contributed by atoms with E-state index in [0.29, 0.717) is 6.54 Å². The maximum absolute atomic E-state index is 11.6. The average molecular weight is 206 g/mol. The summed E-state index contributed by atoms with van der Waals surface area (Å²) in [6.45, 7) is 0.480. The lowest BCUT2D eigenvalue weighted by molar-refractivity contribution is -0.131. The van der Waals surface area contributed by atoms with Crippen LogP contribution in [-0.2, 0) is 11.3 Å². The van der Waals surface area contributed by atoms with Gasteiger partial charge < -0.3 is 15.1 Å². The van der Waals surface area contributed by atoms with Gasteiger partial charge in [-0.25, -0.2) is 0 Å². The van der Waals surface area contributed by atoms with Crippen LogP contribution < -0.4 is 5.73 Å². The number of likely N-dealkylation sites (N-methyl/N-ethyl adjacent to an activating group) is 1. The van der Waals surface area contributed by atoms with Gasteiger partial charge in [-0.3, -0.25) is 4.79 Å². The molecule has 0 fully saturated rings. The lowest BCUT2D eigenvalue weighted by Crippen LogP contribution is -2.41. The summed E-state index contributed by atoms with van der Waals surface area (Å²) in [6, 6.07) is 1.18. The van der Waals surface area contributed by atoms with E-state index in [1.54, 1.807) is 25.6 Å². The zero-order valence-corrected chi connectivity index (χ0v) is 8.64. The van der Waals surface area contributed by atoms with E-state index >= 15 is 0 Å². The third kappa shape index (κ3) is 3.15. The monoisotopic (exact) mass is 206 g/mol. The molecule has 0 aliphatic heterocycles. The molecule has 15 heavy (non-hydrogen) atoms. The van der Waals surface area contributed by atoms with Crippen LogP contribution >= 0.6 is 0 Å². The van der Waals surface area contributed by atoms with Crippen molar-refractivity contribution in [3.05, 3.63) is 24.2 Å². The normalized spacial score (nSPS) is 11.8. The Kier molecular flexibility index (Phi) is 3.95. The van der Waals surface area contributed by atoms with E-state index in [2.05, 4.69) is 5.92 Å². The van der Waals surface area contributed by atoms with Gasteiger partial charge in [0.1, 0.15) is 0 Å². The van der Waals surface area contributed by atoms with Crippen LogP contribution in [0.1, 0.15) is 12.0 Å². The van der Waals surface area contributed by atoms with E-state index in [1.165, 1.54) is 4.90 Å². The number of furan rings is 1. The van der Waals surface area contributed by atoms with Crippen molar-refractivity contribution in [2.75, 3.05) is 7.05 Å². The van der Waals surface area contributed by atoms with Gasteiger partial charge in [-0.1, -0.05) is 0 Å². The number of hydrogen-bond acceptors (Lipinski definition) is 3. The summed E-state index contributed by atoms with van der Waals surface area (Å²) < 4.78 is 4.90. The molecule has 0 saturated heterocycles. The van der Waals surface area contributed by atoms with Crippen molar-refractivity contribution < 1.29 is 9.21 Å². The largest absolute Gasteiger partial charge is 0.472 e. The highest BCUT2D eigenvalue weighted by atomic mass is 16.3. The van der Waals surface area contributed by atoms with Crippen LogP contribution in [0.25, 0.3) is 0 Å². The molecule has 1 aromatic heterocycles. The molecule has 1 heterocycles. The van der Waals surface area contributed by atoms with Crippen LogP contribution in [0.15, 0.2) is 23.0 Å². The highest BCUT2D eigenvalue weighted by Crippen LogP contribution is 2.05. The fraction of sp³-hybridized carbons (Fsp3) is 0.364. The number of carbonyl (C=O) groups excluding carboxylic acids is 1. The van der Waals surface area contributed by atoms with Gasteiger partial charge in [-0.05, 0) is 6.07 Å². The predicted molar refractivity (Wildman–Crippen MR) is 56.6 cm³/mol. The highest BCUT2D eigenvalue weighted by molar-refractivity contribution is 5.81. The van der Waals surface area contributed by atoms with E-state index in [4.69, 9.17) is 16.6 Å². The molecule has 80 valence electrons. The van der Waals surface area contributed by atoms with Gasteiger partial charge in [-0.15, -0.1) is 12.3 Å². The molecule has 1 atom stereocenters. The average Bonchev–Trinajstić information content (AvgIpc) is 2.69. The number of hydrogen-bond donors (Lipinski definition) is 1. The molecule has 0 saturated carbocycles. The van der Waals surface area contributed by atoms with Crippen LogP contribution in [0.4, 0.5) is 0 Å². The first kappa shape index (κ1) is 11.3. The molecule has 0 aromatic carbocycles. The fourth-order valence-corrected chi connectivity index (χ4v) is 1.23. The standard InChI is InChI=1S/C11H14N2O2/c1-3-4-10(12)11(14)13(2)7-9-5-6-15-8-9/h1,5-6,8,10H,4,7,12H2,2H3. The Labute approximate surface area is 89.0 Å². The summed E-state index contributed by atoms with van der Waals surface area (Å²) in [5.41, 5.74) is 6.53. The Morgan fingerprint density at radius 2 is 2.53 bits per heavy atom. The summed E-state index contributed by atoms with van der Waals surface area (Å²) in [5, 5.41) is 0. The second-order valence-electron chi connectivity index (χ2n) is 3.34. The molecule has 2 N–H and O–H groups in total. The molecule has 4 nitrogen and oxygen atoms in total. The minimum atomic E-state index is -0.619. The van der Waals surface area contributed by atoms with Crippen LogP contribution in [0.2, 0.25) is 0 Å². The van der Waals surface area contributed by atoms with Gasteiger partial charge in [0.2, 0.25) is 5.91 Å². The van der Waals surface area contributed by atoms with Gasteiger partial charge in [0.25, 0.3) is 0 Å². The number of nitrogens with two attached hydrogens (primary N) is 1. The van der Waals surface area contributed by atoms with Gasteiger partial charge >= 0.3 is 0 Å². The van der Waals surface area contributed by atoms with Crippen LogP contribution in [0.3, 0.4) is 0 Å². The first-order valence-electron chi connectivity index (χ1n) is 4.60. The highest BCUT2D eigenvalue weighted by Gasteiger charge is 2.17. The Balaban J connectivity index is 2.50. The van der Waals surface area contributed by atoms with Gasteiger partial charge in [0, 0.05) is 25.6 Å². The first-order chi connectivity index (χ1) is 7.15. The smallest absolute Gasteiger partial charge is 0.240 e. The van der Waals surface area contributed by atoms with Crippen molar-refractivity contribution in [1.82, 2.24) is 4.90 Å². The van der Waals surface area contributed by atoms with Crippen molar-refractivity contribution in [2.45, 2.75) is 19.0 Å². The molecule has 0 radical (unpaired) electrons. The van der Waals surface area contributed by atoms with Gasteiger partial charge in [0.05, 0.1) is 18.6 Å². The molecular formula is C11H14N2O2. The Bertz CT molecular complexity index is 351. The molecule has 0 aliphatic rings. The Morgan fingerprint density at radius 1 is 1.80 bits per heavy atom. The second-order valence-corrected chi connectivity index (χ2v) is 3.34. The number of rotatable bonds is 4. The second kappa shape index (κ2) is 5.23. The summed E-state index contributed by atoms with van der Waals surface area (Å²) in [5.74, 6) is 2.21. The SMILES string of the molecule is C#CCC(N)C(=O)N(C)Cc1ccoc1. The van der Waals surface area contributed by atoms with Crippen molar-refractivity contribution >= 4 is 5.91 Å². The quantitative estimate of drug-likeness (QED) is 0.733. The summed E-state index contributed by atoms with van der Waals surface area (Å²) in [4.78, 5) is 13.2. The predicted octanol–water partition coefficient (Wildman–Crippen LogP) is 0.589. The number of carbonyl (C=O) groups is 1. The van der Waals surface area contributed by atoms with Crippen molar-refractivity contribution in [2.24, 2.45) is 5.73 Å². The molecule has 0 aliphatic carbocycles. The van der Waals surface area contributed by atoms with Crippen molar-refractivity contribution in [3.63, 3.8) is 0 Å². The topological polar surface area (TPSA) is 59.5 Å². The van der Waals surface area contributed by atoms with Crippen molar-refractivity contribution in [1.29, 1.82) is 0 Å². The van der Waals surface area contributed by atoms with Crippen molar-refractivity contribution in [3.8, 4) is 12.3 Å². The zero-order chi connectivity index (χ0) is 11.3. The molecule has 1 aromatic rings. The molecule has 1 unspecified atom stereocenters. The van der Waals surface area contributed by atoms with Crippen LogP contribution in [0.5, 0.6) is 0 Å². The minimum absolute atomic E-state index is 0.158. The Morgan fingerprint density at radius 3 is 3.07 bits per heavy atom. The molecule has 1 rings (SSSR count). The van der Waals surface area contributed by atoms with E-state index in [-0.39, 0.29) is 12.3 Å². The van der Waals surface area contributed by atoms with Gasteiger partial charge in [-0.2, -0.15) is 0 Å². The molecule has 0 bridgehead atoms. The Hall–Kier alpha value is -1.73. The molecule has 4 heteroatoms. The van der Waals surface area contributed by atoms with E-state index < -0.39 is 6.04 Å². The lowest BCUT2D eigenvalue weighted by Gasteiger charge is -2.19. The van der Waals surface area contributed by atoms with E-state index in [0.717, 1.165) is 5.56 Å². The zero-order valence-electron chi connectivity index (χ0n) is 8.64. The number of nitrogens with zero attached hydrogens (tertiary/aromatic N) is 1. The number of amides is 1. The minimum Gasteiger partial charge on any atom is -0.472 e.